The van der Waals surface area contributed by atoms with Crippen molar-refractivity contribution in [2.75, 3.05) is 18.5 Å². The minimum absolute atomic E-state index is 0.806. The first-order valence-electron chi connectivity index (χ1n) is 4.86. The molecule has 0 aliphatic carbocycles. The van der Waals surface area contributed by atoms with Crippen LogP contribution in [-0.4, -0.2) is 13.2 Å². The highest BCUT2D eigenvalue weighted by Crippen LogP contribution is 2.37. The summed E-state index contributed by atoms with van der Waals surface area (Å²) in [4.78, 5) is 0. The van der Waals surface area contributed by atoms with Gasteiger partial charge in [-0.3, -0.25) is 0 Å². The second-order valence-corrected chi connectivity index (χ2v) is 4.43. The van der Waals surface area contributed by atoms with Gasteiger partial charge in [0, 0.05) is 11.0 Å². The van der Waals surface area contributed by atoms with Crippen molar-refractivity contribution in [1.82, 2.24) is 0 Å². The van der Waals surface area contributed by atoms with Crippen molar-refractivity contribution < 1.29 is 4.74 Å². The van der Waals surface area contributed by atoms with E-state index >= 15 is 0 Å². The second-order valence-electron chi connectivity index (χ2n) is 3.63. The number of hydrogen-bond donors (Lipinski definition) is 1. The quantitative estimate of drug-likeness (QED) is 0.769. The number of hydrogen-bond acceptors (Lipinski definition) is 2. The van der Waals surface area contributed by atoms with Crippen LogP contribution in [0.2, 0.25) is 0 Å². The zero-order valence-corrected chi connectivity index (χ0v) is 10.1. The Labute approximate surface area is 92.8 Å². The lowest BCUT2D eigenvalue weighted by atomic mass is 10.1. The summed E-state index contributed by atoms with van der Waals surface area (Å²) in [6.07, 6.45) is 1.06. The molecule has 1 aromatic rings. The van der Waals surface area contributed by atoms with Gasteiger partial charge in [-0.15, -0.1) is 0 Å². The Morgan fingerprint density at radius 1 is 1.43 bits per heavy atom. The summed E-state index contributed by atoms with van der Waals surface area (Å²) < 4.78 is 6.86. The first kappa shape index (κ1) is 9.84. The molecule has 1 aliphatic rings. The zero-order chi connectivity index (χ0) is 10.1. The van der Waals surface area contributed by atoms with Crippen LogP contribution in [0.15, 0.2) is 10.5 Å². The molecule has 1 aromatic carbocycles. The van der Waals surface area contributed by atoms with Gasteiger partial charge in [-0.1, -0.05) is 15.9 Å². The van der Waals surface area contributed by atoms with Crippen LogP contribution in [0, 0.1) is 13.8 Å². The van der Waals surface area contributed by atoms with Gasteiger partial charge in [0.2, 0.25) is 0 Å². The smallest absolute Gasteiger partial charge is 0.142 e. The molecule has 0 amide bonds. The van der Waals surface area contributed by atoms with E-state index in [1.54, 1.807) is 0 Å². The average molecular weight is 256 g/mol. The van der Waals surface area contributed by atoms with Gasteiger partial charge in [-0.2, -0.15) is 0 Å². The Morgan fingerprint density at radius 2 is 2.21 bits per heavy atom. The number of anilines is 1. The SMILES string of the molecule is Cc1cc2c(c(C)c1Br)NCCCO2. The molecule has 2 nitrogen and oxygen atoms in total. The van der Waals surface area contributed by atoms with Crippen molar-refractivity contribution in [2.24, 2.45) is 0 Å². The van der Waals surface area contributed by atoms with Crippen LogP contribution < -0.4 is 10.1 Å². The molecule has 0 aromatic heterocycles. The number of halogens is 1. The Morgan fingerprint density at radius 3 is 3.00 bits per heavy atom. The molecule has 76 valence electrons. The maximum absolute atomic E-state index is 5.68. The summed E-state index contributed by atoms with van der Waals surface area (Å²) >= 11 is 3.59. The summed E-state index contributed by atoms with van der Waals surface area (Å²) in [6, 6.07) is 2.09. The van der Waals surface area contributed by atoms with Crippen molar-refractivity contribution in [3.63, 3.8) is 0 Å². The van der Waals surface area contributed by atoms with Gasteiger partial charge in [-0.05, 0) is 37.5 Å². The molecule has 1 N–H and O–H groups in total. The van der Waals surface area contributed by atoms with Crippen molar-refractivity contribution >= 4 is 21.6 Å². The van der Waals surface area contributed by atoms with E-state index in [4.69, 9.17) is 4.74 Å². The highest BCUT2D eigenvalue weighted by Gasteiger charge is 2.14. The van der Waals surface area contributed by atoms with E-state index in [-0.39, 0.29) is 0 Å². The lowest BCUT2D eigenvalue weighted by molar-refractivity contribution is 0.322. The fourth-order valence-corrected chi connectivity index (χ4v) is 2.04. The molecule has 14 heavy (non-hydrogen) atoms. The largest absolute Gasteiger partial charge is 0.491 e. The van der Waals surface area contributed by atoms with E-state index in [1.165, 1.54) is 15.6 Å². The van der Waals surface area contributed by atoms with Crippen LogP contribution in [0.1, 0.15) is 17.5 Å². The summed E-state index contributed by atoms with van der Waals surface area (Å²) in [5, 5.41) is 3.41. The van der Waals surface area contributed by atoms with E-state index in [0.717, 1.165) is 31.0 Å². The third-order valence-corrected chi connectivity index (χ3v) is 3.75. The molecule has 1 aliphatic heterocycles. The van der Waals surface area contributed by atoms with Gasteiger partial charge in [0.15, 0.2) is 0 Å². The molecule has 0 saturated heterocycles. The highest BCUT2D eigenvalue weighted by atomic mass is 79.9. The Bertz CT molecular complexity index is 363. The number of aryl methyl sites for hydroxylation is 1. The number of fused-ring (bicyclic) bond motifs is 1. The van der Waals surface area contributed by atoms with E-state index < -0.39 is 0 Å². The van der Waals surface area contributed by atoms with Crippen molar-refractivity contribution in [3.8, 4) is 5.75 Å². The Balaban J connectivity index is 2.55. The van der Waals surface area contributed by atoms with Crippen LogP contribution in [0.5, 0.6) is 5.75 Å². The van der Waals surface area contributed by atoms with E-state index in [0.29, 0.717) is 0 Å². The third kappa shape index (κ3) is 1.61. The van der Waals surface area contributed by atoms with Crippen molar-refractivity contribution in [1.29, 1.82) is 0 Å². The molecule has 3 heteroatoms. The van der Waals surface area contributed by atoms with Gasteiger partial charge in [-0.25, -0.2) is 0 Å². The second kappa shape index (κ2) is 3.81. The molecule has 0 radical (unpaired) electrons. The first-order chi connectivity index (χ1) is 6.70. The summed E-state index contributed by atoms with van der Waals surface area (Å²) in [7, 11) is 0. The molecule has 0 spiro atoms. The predicted molar refractivity (Wildman–Crippen MR) is 62.2 cm³/mol. The van der Waals surface area contributed by atoms with Crippen LogP contribution in [-0.2, 0) is 0 Å². The lowest BCUT2D eigenvalue weighted by Crippen LogP contribution is -2.01. The minimum Gasteiger partial charge on any atom is -0.491 e. The van der Waals surface area contributed by atoms with Crippen LogP contribution in [0.4, 0.5) is 5.69 Å². The fraction of sp³-hybridized carbons (Fsp3) is 0.455. The zero-order valence-electron chi connectivity index (χ0n) is 8.48. The third-order valence-electron chi connectivity index (χ3n) is 2.52. The van der Waals surface area contributed by atoms with Crippen LogP contribution in [0.25, 0.3) is 0 Å². The molecular formula is C11H14BrNO. The molecule has 0 bridgehead atoms. The Kier molecular flexibility index (Phi) is 2.68. The molecule has 0 atom stereocenters. The summed E-state index contributed by atoms with van der Waals surface area (Å²) in [5.41, 5.74) is 3.60. The number of benzene rings is 1. The average Bonchev–Trinajstić information content (AvgIpc) is 2.39. The monoisotopic (exact) mass is 255 g/mol. The van der Waals surface area contributed by atoms with Gasteiger partial charge in [0.25, 0.3) is 0 Å². The number of ether oxygens (including phenoxy) is 1. The van der Waals surface area contributed by atoms with Gasteiger partial charge < -0.3 is 10.1 Å². The van der Waals surface area contributed by atoms with E-state index in [2.05, 4.69) is 41.2 Å². The lowest BCUT2D eigenvalue weighted by Gasteiger charge is -2.14. The molecular weight excluding hydrogens is 242 g/mol. The molecule has 1 heterocycles. The Hall–Kier alpha value is -0.700. The van der Waals surface area contributed by atoms with Crippen LogP contribution >= 0.6 is 15.9 Å². The standard InChI is InChI=1S/C11H14BrNO/c1-7-6-9-11(8(2)10(7)12)13-4-3-5-14-9/h6,13H,3-5H2,1-2H3. The number of rotatable bonds is 0. The normalized spacial score (nSPS) is 15.1. The van der Waals surface area contributed by atoms with Gasteiger partial charge in [0.1, 0.15) is 5.75 Å². The highest BCUT2D eigenvalue weighted by molar-refractivity contribution is 9.10. The fourth-order valence-electron chi connectivity index (χ4n) is 1.72. The molecule has 2 rings (SSSR count). The first-order valence-corrected chi connectivity index (χ1v) is 5.66. The molecule has 0 unspecified atom stereocenters. The van der Waals surface area contributed by atoms with Gasteiger partial charge >= 0.3 is 0 Å². The van der Waals surface area contributed by atoms with Gasteiger partial charge in [0.05, 0.1) is 12.3 Å². The predicted octanol–water partition coefficient (Wildman–Crippen LogP) is 3.26. The molecule has 0 saturated carbocycles. The maximum Gasteiger partial charge on any atom is 0.142 e. The van der Waals surface area contributed by atoms with Crippen molar-refractivity contribution in [3.05, 3.63) is 21.7 Å². The summed E-state index contributed by atoms with van der Waals surface area (Å²) in [5.74, 6) is 0.987. The van der Waals surface area contributed by atoms with Crippen LogP contribution in [0.3, 0.4) is 0 Å². The minimum atomic E-state index is 0.806. The topological polar surface area (TPSA) is 21.3 Å². The van der Waals surface area contributed by atoms with E-state index in [9.17, 15) is 0 Å². The summed E-state index contributed by atoms with van der Waals surface area (Å²) in [6.45, 7) is 5.99. The van der Waals surface area contributed by atoms with Crippen molar-refractivity contribution in [2.45, 2.75) is 20.3 Å². The molecule has 0 fully saturated rings. The number of nitrogens with one attached hydrogen (secondary N) is 1. The van der Waals surface area contributed by atoms with E-state index in [1.807, 2.05) is 0 Å². The maximum atomic E-state index is 5.68.